The Morgan fingerprint density at radius 3 is 2.64 bits per heavy atom. The molecule has 0 unspecified atom stereocenters. The molecule has 1 saturated carbocycles. The van der Waals surface area contributed by atoms with Crippen LogP contribution in [0.1, 0.15) is 48.0 Å². The highest BCUT2D eigenvalue weighted by molar-refractivity contribution is 6.03. The summed E-state index contributed by atoms with van der Waals surface area (Å²) >= 11 is 0. The van der Waals surface area contributed by atoms with Crippen LogP contribution in [0.4, 0.5) is 5.69 Å². The van der Waals surface area contributed by atoms with Crippen molar-refractivity contribution in [3.63, 3.8) is 0 Å². The molecule has 3 aromatic carbocycles. The number of rotatable bonds is 4. The van der Waals surface area contributed by atoms with Crippen molar-refractivity contribution < 1.29 is 9.59 Å². The number of aromatic nitrogens is 4. The third-order valence-corrected chi connectivity index (χ3v) is 7.69. The molecule has 0 bridgehead atoms. The van der Waals surface area contributed by atoms with Crippen LogP contribution in [-0.4, -0.2) is 49.0 Å². The second-order valence-corrected chi connectivity index (χ2v) is 9.88. The van der Waals surface area contributed by atoms with Crippen LogP contribution in [-0.2, 0) is 4.79 Å². The average molecular weight is 481 g/mol. The predicted octanol–water partition coefficient (Wildman–Crippen LogP) is 4.54. The lowest BCUT2D eigenvalue weighted by atomic mass is 9.84. The highest BCUT2D eigenvalue weighted by Crippen LogP contribution is 2.41. The minimum absolute atomic E-state index is 0.0615. The third kappa shape index (κ3) is 4.02. The van der Waals surface area contributed by atoms with Crippen molar-refractivity contribution in [2.24, 2.45) is 5.92 Å². The molecule has 2 aliphatic rings. The van der Waals surface area contributed by atoms with E-state index in [0.717, 1.165) is 47.7 Å². The van der Waals surface area contributed by atoms with Crippen molar-refractivity contribution in [3.05, 3.63) is 78.1 Å². The van der Waals surface area contributed by atoms with E-state index in [9.17, 15) is 9.59 Å². The molecule has 2 amide bonds. The van der Waals surface area contributed by atoms with Gasteiger partial charge in [0.15, 0.2) is 0 Å². The van der Waals surface area contributed by atoms with Gasteiger partial charge in [-0.05, 0) is 83.1 Å². The smallest absolute Gasteiger partial charge is 0.254 e. The summed E-state index contributed by atoms with van der Waals surface area (Å²) in [6.45, 7) is 1.97. The molecule has 0 radical (unpaired) electrons. The van der Waals surface area contributed by atoms with E-state index in [1.807, 2.05) is 72.5 Å². The zero-order chi connectivity index (χ0) is 24.6. The van der Waals surface area contributed by atoms with Gasteiger partial charge in [0, 0.05) is 17.3 Å². The molecule has 8 heteroatoms. The highest BCUT2D eigenvalue weighted by atomic mass is 16.2. The van der Waals surface area contributed by atoms with Crippen molar-refractivity contribution in [2.75, 3.05) is 5.32 Å². The fourth-order valence-corrected chi connectivity index (χ4v) is 5.89. The van der Waals surface area contributed by atoms with Crippen molar-refractivity contribution in [3.8, 4) is 5.69 Å². The van der Waals surface area contributed by atoms with Gasteiger partial charge >= 0.3 is 0 Å². The number of likely N-dealkylation sites (tertiary alicyclic amines) is 1. The SMILES string of the molecule is Cc1ccc(NC(=O)[C@@H]2C[C@@H]3CCCC[C@@H]3N2C(=O)c2ccc3ccccc3c2)cc1-n1cnnn1. The zero-order valence-electron chi connectivity index (χ0n) is 20.2. The Labute approximate surface area is 209 Å². The average Bonchev–Trinajstić information content (AvgIpc) is 3.57. The number of amides is 2. The third-order valence-electron chi connectivity index (χ3n) is 7.69. The van der Waals surface area contributed by atoms with Crippen molar-refractivity contribution in [1.82, 2.24) is 25.1 Å². The number of aryl methyl sites for hydroxylation is 1. The minimum Gasteiger partial charge on any atom is -0.324 e. The number of tetrazole rings is 1. The number of nitrogens with zero attached hydrogens (tertiary/aromatic N) is 5. The Hall–Kier alpha value is -4.07. The molecule has 0 spiro atoms. The number of fused-ring (bicyclic) bond motifs is 2. The summed E-state index contributed by atoms with van der Waals surface area (Å²) in [5.41, 5.74) is 3.07. The van der Waals surface area contributed by atoms with Gasteiger partial charge in [-0.1, -0.05) is 49.2 Å². The van der Waals surface area contributed by atoms with Gasteiger partial charge in [0.05, 0.1) is 5.69 Å². The Morgan fingerprint density at radius 1 is 0.972 bits per heavy atom. The summed E-state index contributed by atoms with van der Waals surface area (Å²) in [4.78, 5) is 29.4. The Morgan fingerprint density at radius 2 is 1.81 bits per heavy atom. The fraction of sp³-hybridized carbons (Fsp3) is 0.321. The summed E-state index contributed by atoms with van der Waals surface area (Å²) in [5.74, 6) is 0.146. The zero-order valence-corrected chi connectivity index (χ0v) is 20.2. The van der Waals surface area contributed by atoms with Crippen molar-refractivity contribution in [1.29, 1.82) is 0 Å². The van der Waals surface area contributed by atoms with Gasteiger partial charge in [0.2, 0.25) is 5.91 Å². The number of carbonyl (C=O) groups excluding carboxylic acids is 2. The molecule has 3 atom stereocenters. The molecule has 36 heavy (non-hydrogen) atoms. The van der Waals surface area contributed by atoms with Crippen molar-refractivity contribution >= 4 is 28.3 Å². The molecule has 1 aromatic heterocycles. The molecule has 1 N–H and O–H groups in total. The maximum Gasteiger partial charge on any atom is 0.254 e. The molecule has 2 fully saturated rings. The monoisotopic (exact) mass is 480 g/mol. The number of carbonyl (C=O) groups is 2. The first-order chi connectivity index (χ1) is 17.6. The van der Waals surface area contributed by atoms with Crippen LogP contribution < -0.4 is 5.32 Å². The van der Waals surface area contributed by atoms with Crippen molar-refractivity contribution in [2.45, 2.75) is 51.1 Å². The molecular formula is C28H28N6O2. The molecule has 6 rings (SSSR count). The van der Waals surface area contributed by atoms with E-state index in [2.05, 4.69) is 20.8 Å². The first kappa shape index (κ1) is 22.4. The Bertz CT molecular complexity index is 1430. The van der Waals surface area contributed by atoms with Crippen LogP contribution in [0.15, 0.2) is 67.0 Å². The normalized spacial score (nSPS) is 21.4. The summed E-state index contributed by atoms with van der Waals surface area (Å²) in [6.07, 6.45) is 6.47. The van der Waals surface area contributed by atoms with E-state index in [4.69, 9.17) is 0 Å². The molecule has 4 aromatic rings. The van der Waals surface area contributed by atoms with Crippen LogP contribution in [0.2, 0.25) is 0 Å². The Kier molecular flexibility index (Phi) is 5.71. The quantitative estimate of drug-likeness (QED) is 0.463. The van der Waals surface area contributed by atoms with Gasteiger partial charge < -0.3 is 10.2 Å². The van der Waals surface area contributed by atoms with E-state index >= 15 is 0 Å². The second-order valence-electron chi connectivity index (χ2n) is 9.88. The number of hydrogen-bond donors (Lipinski definition) is 1. The maximum absolute atomic E-state index is 13.9. The van der Waals surface area contributed by atoms with Crippen LogP contribution in [0.25, 0.3) is 16.5 Å². The van der Waals surface area contributed by atoms with Gasteiger partial charge in [0.1, 0.15) is 12.4 Å². The van der Waals surface area contributed by atoms with Gasteiger partial charge in [-0.25, -0.2) is 4.68 Å². The number of hydrogen-bond acceptors (Lipinski definition) is 5. The van der Waals surface area contributed by atoms with E-state index in [1.54, 1.807) is 4.68 Å². The lowest BCUT2D eigenvalue weighted by molar-refractivity contribution is -0.120. The largest absolute Gasteiger partial charge is 0.324 e. The van der Waals surface area contributed by atoms with E-state index in [1.165, 1.54) is 6.33 Å². The molecule has 1 aliphatic carbocycles. The van der Waals surface area contributed by atoms with Crippen LogP contribution in [0, 0.1) is 12.8 Å². The van der Waals surface area contributed by atoms with Gasteiger partial charge in [-0.3, -0.25) is 9.59 Å². The minimum atomic E-state index is -0.505. The topological polar surface area (TPSA) is 93.0 Å². The Balaban J connectivity index is 1.30. The molecule has 1 aliphatic heterocycles. The van der Waals surface area contributed by atoms with Crippen LogP contribution in [0.5, 0.6) is 0 Å². The lowest BCUT2D eigenvalue weighted by Crippen LogP contribution is -2.47. The molecular weight excluding hydrogens is 452 g/mol. The first-order valence-electron chi connectivity index (χ1n) is 12.5. The summed E-state index contributed by atoms with van der Waals surface area (Å²) < 4.78 is 1.57. The number of benzene rings is 3. The molecule has 1 saturated heterocycles. The first-order valence-corrected chi connectivity index (χ1v) is 12.5. The maximum atomic E-state index is 13.9. The number of nitrogens with one attached hydrogen (secondary N) is 1. The van der Waals surface area contributed by atoms with E-state index < -0.39 is 6.04 Å². The summed E-state index contributed by atoms with van der Waals surface area (Å²) in [6, 6.07) is 19.1. The predicted molar refractivity (Wildman–Crippen MR) is 137 cm³/mol. The molecule has 8 nitrogen and oxygen atoms in total. The van der Waals surface area contributed by atoms with Crippen LogP contribution in [0.3, 0.4) is 0 Å². The lowest BCUT2D eigenvalue weighted by Gasteiger charge is -2.33. The van der Waals surface area contributed by atoms with Crippen LogP contribution >= 0.6 is 0 Å². The van der Waals surface area contributed by atoms with Gasteiger partial charge in [-0.15, -0.1) is 5.10 Å². The van der Waals surface area contributed by atoms with E-state index in [0.29, 0.717) is 23.6 Å². The second kappa shape index (κ2) is 9.18. The molecule has 182 valence electrons. The van der Waals surface area contributed by atoms with Gasteiger partial charge in [-0.2, -0.15) is 0 Å². The molecule has 2 heterocycles. The highest BCUT2D eigenvalue weighted by Gasteiger charge is 2.47. The summed E-state index contributed by atoms with van der Waals surface area (Å²) in [7, 11) is 0. The van der Waals surface area contributed by atoms with Gasteiger partial charge in [0.25, 0.3) is 5.91 Å². The number of anilines is 1. The standard InChI is InChI=1S/C28H28N6O2/c1-18-10-13-23(16-25(18)33-17-29-31-32-33)30-27(35)26-15-21-8-4-5-9-24(21)34(26)28(36)22-12-11-19-6-2-3-7-20(19)14-22/h2-3,6-7,10-14,16-17,21,24,26H,4-5,8-9,15H2,1H3,(H,30,35)/t21-,24-,26-/m0/s1. The fourth-order valence-electron chi connectivity index (χ4n) is 5.89. The summed E-state index contributed by atoms with van der Waals surface area (Å²) in [5, 5.41) is 16.6. The van der Waals surface area contributed by atoms with E-state index in [-0.39, 0.29) is 17.9 Å².